The lowest BCUT2D eigenvalue weighted by molar-refractivity contribution is 0.379. The van der Waals surface area contributed by atoms with Gasteiger partial charge in [0, 0.05) is 18.3 Å². The number of thioether (sulfide) groups is 1. The monoisotopic (exact) mass is 278 g/mol. The van der Waals surface area contributed by atoms with Gasteiger partial charge in [0.15, 0.2) is 11.5 Å². The van der Waals surface area contributed by atoms with Crippen molar-refractivity contribution in [2.24, 2.45) is 0 Å². The number of aromatic amines is 1. The summed E-state index contributed by atoms with van der Waals surface area (Å²) in [6, 6.07) is 0. The quantitative estimate of drug-likeness (QED) is 0.777. The van der Waals surface area contributed by atoms with Crippen LogP contribution in [-0.2, 0) is 0 Å². The van der Waals surface area contributed by atoms with Gasteiger partial charge in [-0.3, -0.25) is 0 Å². The van der Waals surface area contributed by atoms with E-state index in [9.17, 15) is 0 Å². The Morgan fingerprint density at radius 2 is 2.26 bits per heavy atom. The fraction of sp³-hybridized carbons (Fsp3) is 0.583. The Balaban J connectivity index is 1.85. The minimum atomic E-state index is 0.372. The van der Waals surface area contributed by atoms with Gasteiger partial charge in [-0.15, -0.1) is 0 Å². The van der Waals surface area contributed by atoms with Gasteiger partial charge in [-0.25, -0.2) is 4.98 Å². The van der Waals surface area contributed by atoms with E-state index < -0.39 is 0 Å². The second-order valence-corrected chi connectivity index (χ2v) is 6.12. The topological polar surface area (TPSA) is 78.5 Å². The second kappa shape index (κ2) is 4.88. The molecule has 1 saturated carbocycles. The second-order valence-electron chi connectivity index (χ2n) is 4.84. The Morgan fingerprint density at radius 1 is 1.42 bits per heavy atom. The average molecular weight is 278 g/mol. The van der Waals surface area contributed by atoms with Gasteiger partial charge >= 0.3 is 0 Å². The van der Waals surface area contributed by atoms with E-state index in [4.69, 9.17) is 0 Å². The lowest BCUT2D eigenvalue weighted by atomic mass is 9.84. The Kier molecular flexibility index (Phi) is 3.22. The maximum atomic E-state index is 4.47. The van der Waals surface area contributed by atoms with Crippen LogP contribution < -0.4 is 10.6 Å². The molecule has 0 radical (unpaired) electrons. The number of anilines is 2. The van der Waals surface area contributed by atoms with Gasteiger partial charge < -0.3 is 15.6 Å². The van der Waals surface area contributed by atoms with Crippen LogP contribution in [0.3, 0.4) is 0 Å². The number of nitrogens with one attached hydrogen (secondary N) is 3. The first kappa shape index (κ1) is 12.5. The lowest BCUT2D eigenvalue weighted by Gasteiger charge is -2.40. The molecule has 0 atom stereocenters. The maximum Gasteiger partial charge on any atom is 0.226 e. The highest BCUT2D eigenvalue weighted by Gasteiger charge is 2.36. The number of hydrogen-bond donors (Lipinski definition) is 3. The normalized spacial score (nSPS) is 17.2. The van der Waals surface area contributed by atoms with Crippen LogP contribution in [0.25, 0.3) is 11.2 Å². The van der Waals surface area contributed by atoms with Crippen LogP contribution in [0.15, 0.2) is 6.33 Å². The number of rotatable bonds is 5. The van der Waals surface area contributed by atoms with Crippen LogP contribution in [0.5, 0.6) is 0 Å². The van der Waals surface area contributed by atoms with E-state index in [1.165, 1.54) is 19.3 Å². The molecule has 102 valence electrons. The van der Waals surface area contributed by atoms with Crippen LogP contribution >= 0.6 is 11.8 Å². The SMILES string of the molecule is CNc1nc(NCC2(SC)CCC2)c2[nH]cnc2n1. The molecule has 0 aliphatic heterocycles. The van der Waals surface area contributed by atoms with Gasteiger partial charge in [-0.1, -0.05) is 6.42 Å². The molecule has 3 N–H and O–H groups in total. The van der Waals surface area contributed by atoms with Crippen molar-refractivity contribution in [2.45, 2.75) is 24.0 Å². The molecular weight excluding hydrogens is 260 g/mol. The number of H-pyrrole nitrogens is 1. The Bertz CT molecular complexity index is 571. The van der Waals surface area contributed by atoms with Crippen molar-refractivity contribution in [1.29, 1.82) is 0 Å². The summed E-state index contributed by atoms with van der Waals surface area (Å²) in [6.45, 7) is 0.933. The van der Waals surface area contributed by atoms with Crippen LogP contribution in [0.4, 0.5) is 11.8 Å². The third-order valence-corrected chi connectivity index (χ3v) is 5.20. The van der Waals surface area contributed by atoms with E-state index in [0.717, 1.165) is 17.9 Å². The minimum absolute atomic E-state index is 0.372. The molecule has 1 aliphatic rings. The molecule has 0 spiro atoms. The van der Waals surface area contributed by atoms with Gasteiger partial charge in [0.05, 0.1) is 6.33 Å². The highest BCUT2D eigenvalue weighted by molar-refractivity contribution is 8.00. The van der Waals surface area contributed by atoms with Crippen LogP contribution in [0.2, 0.25) is 0 Å². The third-order valence-electron chi connectivity index (χ3n) is 3.79. The van der Waals surface area contributed by atoms with Crippen molar-refractivity contribution in [3.05, 3.63) is 6.33 Å². The van der Waals surface area contributed by atoms with Gasteiger partial charge in [0.1, 0.15) is 5.52 Å². The number of fused-ring (bicyclic) bond motifs is 1. The summed E-state index contributed by atoms with van der Waals surface area (Å²) in [6.07, 6.45) is 7.71. The van der Waals surface area contributed by atoms with E-state index in [2.05, 4.69) is 36.8 Å². The fourth-order valence-electron chi connectivity index (χ4n) is 2.34. The van der Waals surface area contributed by atoms with Crippen molar-refractivity contribution in [2.75, 3.05) is 30.5 Å². The Morgan fingerprint density at radius 3 is 2.89 bits per heavy atom. The molecule has 3 rings (SSSR count). The number of imidazole rings is 1. The first-order chi connectivity index (χ1) is 9.26. The molecule has 0 aromatic carbocycles. The van der Waals surface area contributed by atoms with Gasteiger partial charge in [-0.2, -0.15) is 21.7 Å². The van der Waals surface area contributed by atoms with E-state index in [0.29, 0.717) is 16.3 Å². The highest BCUT2D eigenvalue weighted by atomic mass is 32.2. The summed E-state index contributed by atoms with van der Waals surface area (Å²) in [4.78, 5) is 16.1. The van der Waals surface area contributed by atoms with Crippen molar-refractivity contribution in [1.82, 2.24) is 19.9 Å². The smallest absolute Gasteiger partial charge is 0.226 e. The number of nitrogens with zero attached hydrogens (tertiary/aromatic N) is 3. The molecule has 2 heterocycles. The molecule has 1 fully saturated rings. The predicted molar refractivity (Wildman–Crippen MR) is 79.8 cm³/mol. The molecule has 1 aliphatic carbocycles. The number of hydrogen-bond acceptors (Lipinski definition) is 6. The molecule has 0 unspecified atom stereocenters. The lowest BCUT2D eigenvalue weighted by Crippen LogP contribution is -2.40. The largest absolute Gasteiger partial charge is 0.367 e. The van der Waals surface area contributed by atoms with Crippen LogP contribution in [0, 0.1) is 0 Å². The minimum Gasteiger partial charge on any atom is -0.367 e. The highest BCUT2D eigenvalue weighted by Crippen LogP contribution is 2.42. The van der Waals surface area contributed by atoms with Gasteiger partial charge in [0.25, 0.3) is 0 Å². The molecule has 19 heavy (non-hydrogen) atoms. The first-order valence-electron chi connectivity index (χ1n) is 6.44. The van der Waals surface area contributed by atoms with E-state index in [1.54, 1.807) is 6.33 Å². The fourth-order valence-corrected chi connectivity index (χ4v) is 3.26. The zero-order valence-corrected chi connectivity index (χ0v) is 12.0. The van der Waals surface area contributed by atoms with Gasteiger partial charge in [0.2, 0.25) is 5.95 Å². The molecule has 2 aromatic rings. The summed E-state index contributed by atoms with van der Waals surface area (Å²) < 4.78 is 0.372. The van der Waals surface area contributed by atoms with E-state index >= 15 is 0 Å². The first-order valence-corrected chi connectivity index (χ1v) is 7.67. The van der Waals surface area contributed by atoms with Crippen molar-refractivity contribution < 1.29 is 0 Å². The summed E-state index contributed by atoms with van der Waals surface area (Å²) in [5, 5.41) is 6.43. The molecule has 2 aromatic heterocycles. The zero-order valence-electron chi connectivity index (χ0n) is 11.2. The van der Waals surface area contributed by atoms with E-state index in [1.807, 2.05) is 18.8 Å². The van der Waals surface area contributed by atoms with Gasteiger partial charge in [-0.05, 0) is 19.1 Å². The molecule has 7 heteroatoms. The van der Waals surface area contributed by atoms with E-state index in [-0.39, 0.29) is 0 Å². The van der Waals surface area contributed by atoms with Crippen LogP contribution in [0.1, 0.15) is 19.3 Å². The average Bonchev–Trinajstić information content (AvgIpc) is 2.85. The maximum absolute atomic E-state index is 4.47. The molecule has 6 nitrogen and oxygen atoms in total. The summed E-state index contributed by atoms with van der Waals surface area (Å²) in [5.41, 5.74) is 1.56. The van der Waals surface area contributed by atoms with Crippen molar-refractivity contribution >= 4 is 34.7 Å². The molecule has 0 saturated heterocycles. The Hall–Kier alpha value is -1.50. The Labute approximate surface area is 116 Å². The third kappa shape index (κ3) is 2.22. The van der Waals surface area contributed by atoms with Crippen molar-refractivity contribution in [3.63, 3.8) is 0 Å². The molecular formula is C12H18N6S. The van der Waals surface area contributed by atoms with Crippen molar-refractivity contribution in [3.8, 4) is 0 Å². The van der Waals surface area contributed by atoms with Crippen LogP contribution in [-0.4, -0.2) is 44.5 Å². The predicted octanol–water partition coefficient (Wildman–Crippen LogP) is 2.09. The summed E-state index contributed by atoms with van der Waals surface area (Å²) >= 11 is 1.95. The molecule has 0 bridgehead atoms. The standard InChI is InChI=1S/C12H18N6S/c1-13-11-17-9(8-10(18-11)16-7-15-8)14-6-12(19-2)4-3-5-12/h7H,3-6H2,1-2H3,(H3,13,14,15,16,17,18). The number of aromatic nitrogens is 4. The summed E-state index contributed by atoms with van der Waals surface area (Å²) in [5.74, 6) is 1.42. The summed E-state index contributed by atoms with van der Waals surface area (Å²) in [7, 11) is 1.81. The molecule has 0 amide bonds. The zero-order chi connectivity index (χ0) is 13.3.